The molecule has 0 unspecified atom stereocenters. The fourth-order valence-electron chi connectivity index (χ4n) is 2.40. The topological polar surface area (TPSA) is 23.5 Å². The van der Waals surface area contributed by atoms with Crippen molar-refractivity contribution in [2.45, 2.75) is 13.0 Å². The first kappa shape index (κ1) is 10.2. The van der Waals surface area contributed by atoms with E-state index in [0.29, 0.717) is 5.75 Å². The Kier molecular flexibility index (Phi) is 2.48. The third-order valence-corrected chi connectivity index (χ3v) is 3.28. The van der Waals surface area contributed by atoms with Crippen molar-refractivity contribution >= 4 is 5.69 Å². The standard InChI is InChI=1S/C15H15NO/c17-14-7-6-13-8-9-16(15(13)10-14)11-12-4-2-1-3-5-12/h1-7,10,17H,8-9,11H2. The molecule has 2 nitrogen and oxygen atoms in total. The quantitative estimate of drug-likeness (QED) is 0.849. The van der Waals surface area contributed by atoms with Gasteiger partial charge in [-0.05, 0) is 23.6 Å². The molecular weight excluding hydrogens is 210 g/mol. The van der Waals surface area contributed by atoms with Crippen LogP contribution in [-0.2, 0) is 13.0 Å². The summed E-state index contributed by atoms with van der Waals surface area (Å²) in [7, 11) is 0. The zero-order chi connectivity index (χ0) is 11.7. The molecule has 1 N–H and O–H groups in total. The number of phenolic OH excluding ortho intramolecular Hbond substituents is 1. The van der Waals surface area contributed by atoms with Gasteiger partial charge in [-0.1, -0.05) is 36.4 Å². The predicted molar refractivity (Wildman–Crippen MR) is 69.3 cm³/mol. The van der Waals surface area contributed by atoms with Crippen LogP contribution in [0.1, 0.15) is 11.1 Å². The highest BCUT2D eigenvalue weighted by atomic mass is 16.3. The van der Waals surface area contributed by atoms with E-state index in [2.05, 4.69) is 29.2 Å². The van der Waals surface area contributed by atoms with Crippen molar-refractivity contribution in [1.82, 2.24) is 0 Å². The molecule has 0 aliphatic carbocycles. The molecule has 3 rings (SSSR count). The average Bonchev–Trinajstić information content (AvgIpc) is 2.73. The molecule has 0 saturated carbocycles. The number of benzene rings is 2. The van der Waals surface area contributed by atoms with Gasteiger partial charge in [0.1, 0.15) is 5.75 Å². The first-order valence-electron chi connectivity index (χ1n) is 5.94. The predicted octanol–water partition coefficient (Wildman–Crippen LogP) is 2.95. The number of nitrogens with zero attached hydrogens (tertiary/aromatic N) is 1. The first-order valence-corrected chi connectivity index (χ1v) is 5.94. The van der Waals surface area contributed by atoms with Gasteiger partial charge < -0.3 is 10.0 Å². The number of fused-ring (bicyclic) bond motifs is 1. The zero-order valence-corrected chi connectivity index (χ0v) is 9.63. The van der Waals surface area contributed by atoms with E-state index in [0.717, 1.165) is 19.5 Å². The molecule has 0 aromatic heterocycles. The molecule has 0 fully saturated rings. The van der Waals surface area contributed by atoms with Crippen LogP contribution in [0.15, 0.2) is 48.5 Å². The number of anilines is 1. The van der Waals surface area contributed by atoms with Gasteiger partial charge in [-0.25, -0.2) is 0 Å². The minimum Gasteiger partial charge on any atom is -0.508 e. The van der Waals surface area contributed by atoms with Gasteiger partial charge in [0, 0.05) is 24.8 Å². The van der Waals surface area contributed by atoms with Crippen LogP contribution in [0.4, 0.5) is 5.69 Å². The van der Waals surface area contributed by atoms with Crippen LogP contribution in [0.5, 0.6) is 5.75 Å². The number of aromatic hydroxyl groups is 1. The van der Waals surface area contributed by atoms with E-state index in [-0.39, 0.29) is 0 Å². The summed E-state index contributed by atoms with van der Waals surface area (Å²) in [4.78, 5) is 2.32. The molecular formula is C15H15NO. The van der Waals surface area contributed by atoms with E-state index in [4.69, 9.17) is 0 Å². The van der Waals surface area contributed by atoms with Crippen molar-refractivity contribution in [3.05, 3.63) is 59.7 Å². The molecule has 0 saturated heterocycles. The lowest BCUT2D eigenvalue weighted by atomic mass is 10.1. The van der Waals surface area contributed by atoms with Crippen molar-refractivity contribution in [1.29, 1.82) is 0 Å². The van der Waals surface area contributed by atoms with E-state index >= 15 is 0 Å². The highest BCUT2D eigenvalue weighted by Crippen LogP contribution is 2.32. The summed E-state index contributed by atoms with van der Waals surface area (Å²) in [5.41, 5.74) is 3.82. The van der Waals surface area contributed by atoms with E-state index in [1.165, 1.54) is 16.8 Å². The summed E-state index contributed by atoms with van der Waals surface area (Å²) in [5, 5.41) is 9.55. The highest BCUT2D eigenvalue weighted by Gasteiger charge is 2.19. The minimum absolute atomic E-state index is 0.351. The molecule has 17 heavy (non-hydrogen) atoms. The van der Waals surface area contributed by atoms with E-state index < -0.39 is 0 Å². The zero-order valence-electron chi connectivity index (χ0n) is 9.63. The van der Waals surface area contributed by atoms with Crippen molar-refractivity contribution in [3.63, 3.8) is 0 Å². The fourth-order valence-corrected chi connectivity index (χ4v) is 2.40. The Hall–Kier alpha value is -1.96. The van der Waals surface area contributed by atoms with Crippen LogP contribution in [0.2, 0.25) is 0 Å². The summed E-state index contributed by atoms with van der Waals surface area (Å²) in [5.74, 6) is 0.351. The van der Waals surface area contributed by atoms with Crippen LogP contribution >= 0.6 is 0 Å². The number of rotatable bonds is 2. The van der Waals surface area contributed by atoms with E-state index in [1.54, 1.807) is 6.07 Å². The van der Waals surface area contributed by atoms with Crippen molar-refractivity contribution in [2.24, 2.45) is 0 Å². The Balaban J connectivity index is 1.86. The summed E-state index contributed by atoms with van der Waals surface area (Å²) in [6.07, 6.45) is 1.07. The Morgan fingerprint density at radius 1 is 1.06 bits per heavy atom. The van der Waals surface area contributed by atoms with E-state index in [9.17, 15) is 5.11 Å². The van der Waals surface area contributed by atoms with Crippen LogP contribution in [-0.4, -0.2) is 11.7 Å². The lowest BCUT2D eigenvalue weighted by Crippen LogP contribution is -2.19. The van der Waals surface area contributed by atoms with Gasteiger partial charge in [-0.2, -0.15) is 0 Å². The Bertz CT molecular complexity index is 522. The van der Waals surface area contributed by atoms with Crippen LogP contribution in [0, 0.1) is 0 Å². The maximum absolute atomic E-state index is 9.55. The van der Waals surface area contributed by atoms with Gasteiger partial charge in [0.2, 0.25) is 0 Å². The Labute approximate surface area is 101 Å². The molecule has 86 valence electrons. The average molecular weight is 225 g/mol. The van der Waals surface area contributed by atoms with Crippen LogP contribution in [0.3, 0.4) is 0 Å². The van der Waals surface area contributed by atoms with Gasteiger partial charge in [0.15, 0.2) is 0 Å². The first-order chi connectivity index (χ1) is 8.33. The van der Waals surface area contributed by atoms with Gasteiger partial charge in [0.05, 0.1) is 0 Å². The molecule has 0 atom stereocenters. The molecule has 2 heteroatoms. The maximum atomic E-state index is 9.55. The minimum atomic E-state index is 0.351. The fraction of sp³-hybridized carbons (Fsp3) is 0.200. The van der Waals surface area contributed by atoms with E-state index in [1.807, 2.05) is 18.2 Å². The van der Waals surface area contributed by atoms with Gasteiger partial charge in [0.25, 0.3) is 0 Å². The molecule has 2 aromatic rings. The van der Waals surface area contributed by atoms with Crippen molar-refractivity contribution in [3.8, 4) is 5.75 Å². The molecule has 0 spiro atoms. The monoisotopic (exact) mass is 225 g/mol. The molecule has 1 aliphatic heterocycles. The second-order valence-corrected chi connectivity index (χ2v) is 4.47. The lowest BCUT2D eigenvalue weighted by Gasteiger charge is -2.19. The van der Waals surface area contributed by atoms with Crippen molar-refractivity contribution < 1.29 is 5.11 Å². The normalized spacial score (nSPS) is 13.8. The molecule has 0 amide bonds. The summed E-state index contributed by atoms with van der Waals surface area (Å²) in [6.45, 7) is 1.95. The second kappa shape index (κ2) is 4.13. The van der Waals surface area contributed by atoms with Gasteiger partial charge >= 0.3 is 0 Å². The lowest BCUT2D eigenvalue weighted by molar-refractivity contribution is 0.475. The molecule has 0 radical (unpaired) electrons. The summed E-state index contributed by atoms with van der Waals surface area (Å²) in [6, 6.07) is 16.1. The molecule has 1 heterocycles. The number of hydrogen-bond acceptors (Lipinski definition) is 2. The third kappa shape index (κ3) is 1.98. The Morgan fingerprint density at radius 3 is 2.71 bits per heavy atom. The molecule has 1 aliphatic rings. The third-order valence-electron chi connectivity index (χ3n) is 3.28. The summed E-state index contributed by atoms with van der Waals surface area (Å²) >= 11 is 0. The van der Waals surface area contributed by atoms with Crippen LogP contribution < -0.4 is 4.90 Å². The van der Waals surface area contributed by atoms with Gasteiger partial charge in [-0.15, -0.1) is 0 Å². The second-order valence-electron chi connectivity index (χ2n) is 4.47. The highest BCUT2D eigenvalue weighted by molar-refractivity contribution is 5.60. The molecule has 0 bridgehead atoms. The van der Waals surface area contributed by atoms with Crippen LogP contribution in [0.25, 0.3) is 0 Å². The Morgan fingerprint density at radius 2 is 1.88 bits per heavy atom. The number of hydrogen-bond donors (Lipinski definition) is 1. The van der Waals surface area contributed by atoms with Crippen molar-refractivity contribution in [2.75, 3.05) is 11.4 Å². The number of phenols is 1. The molecule has 2 aromatic carbocycles. The SMILES string of the molecule is Oc1ccc2c(c1)N(Cc1ccccc1)CC2. The summed E-state index contributed by atoms with van der Waals surface area (Å²) < 4.78 is 0. The van der Waals surface area contributed by atoms with Gasteiger partial charge in [-0.3, -0.25) is 0 Å². The smallest absolute Gasteiger partial charge is 0.117 e. The largest absolute Gasteiger partial charge is 0.508 e. The maximum Gasteiger partial charge on any atom is 0.117 e.